The largest absolute Gasteiger partial charge is 0.508 e. The van der Waals surface area contributed by atoms with Crippen LogP contribution in [0.3, 0.4) is 0 Å². The molecule has 8 heteroatoms. The standard InChI is InChI=1S/C20H17FN2O3S2/c21-15-3-1-2-14(10-15)11-17-19(26)23(20(27)28-17)12-18(25)22-9-8-13-4-6-16(24)7-5-13/h1-7,10-11,24H,8-9,12H2,(H,22,25)/b17-11-. The van der Waals surface area contributed by atoms with Crippen molar-refractivity contribution >= 4 is 46.2 Å². The summed E-state index contributed by atoms with van der Waals surface area (Å²) in [5, 5.41) is 12.0. The highest BCUT2D eigenvalue weighted by Gasteiger charge is 2.33. The Morgan fingerprint density at radius 1 is 1.25 bits per heavy atom. The van der Waals surface area contributed by atoms with Crippen LogP contribution >= 0.6 is 24.0 Å². The van der Waals surface area contributed by atoms with Gasteiger partial charge in [-0.3, -0.25) is 14.5 Å². The molecule has 0 bridgehead atoms. The van der Waals surface area contributed by atoms with Gasteiger partial charge in [-0.05, 0) is 47.9 Å². The molecule has 1 heterocycles. The fraction of sp³-hybridized carbons (Fsp3) is 0.150. The number of rotatable bonds is 6. The topological polar surface area (TPSA) is 69.6 Å². The predicted octanol–water partition coefficient (Wildman–Crippen LogP) is 3.09. The van der Waals surface area contributed by atoms with Crippen LogP contribution < -0.4 is 5.32 Å². The Morgan fingerprint density at radius 2 is 2.00 bits per heavy atom. The number of nitrogens with one attached hydrogen (secondary N) is 1. The van der Waals surface area contributed by atoms with Crippen molar-refractivity contribution in [3.05, 3.63) is 70.4 Å². The molecule has 1 fully saturated rings. The summed E-state index contributed by atoms with van der Waals surface area (Å²) in [5.74, 6) is -0.888. The Bertz CT molecular complexity index is 945. The monoisotopic (exact) mass is 416 g/mol. The van der Waals surface area contributed by atoms with Gasteiger partial charge >= 0.3 is 0 Å². The fourth-order valence-corrected chi connectivity index (χ4v) is 3.85. The highest BCUT2D eigenvalue weighted by molar-refractivity contribution is 8.26. The van der Waals surface area contributed by atoms with Crippen molar-refractivity contribution in [2.24, 2.45) is 0 Å². The molecule has 0 aromatic heterocycles. The molecule has 5 nitrogen and oxygen atoms in total. The molecule has 0 atom stereocenters. The number of carbonyl (C=O) groups excluding carboxylic acids is 2. The third-order valence-corrected chi connectivity index (χ3v) is 5.37. The van der Waals surface area contributed by atoms with Crippen molar-refractivity contribution in [1.29, 1.82) is 0 Å². The molecule has 0 spiro atoms. The number of thiocarbonyl (C=S) groups is 1. The maximum absolute atomic E-state index is 13.3. The number of phenols is 1. The van der Waals surface area contributed by atoms with Crippen LogP contribution in [0.15, 0.2) is 53.4 Å². The third-order valence-electron chi connectivity index (χ3n) is 3.99. The van der Waals surface area contributed by atoms with E-state index in [1.54, 1.807) is 42.5 Å². The minimum Gasteiger partial charge on any atom is -0.508 e. The van der Waals surface area contributed by atoms with E-state index < -0.39 is 5.82 Å². The van der Waals surface area contributed by atoms with Gasteiger partial charge in [-0.15, -0.1) is 0 Å². The summed E-state index contributed by atoms with van der Waals surface area (Å²) in [6, 6.07) is 12.6. The summed E-state index contributed by atoms with van der Waals surface area (Å²) in [6.45, 7) is 0.234. The van der Waals surface area contributed by atoms with E-state index in [1.165, 1.54) is 17.0 Å². The van der Waals surface area contributed by atoms with Gasteiger partial charge in [0.1, 0.15) is 22.4 Å². The second kappa shape index (κ2) is 8.99. The van der Waals surface area contributed by atoms with Gasteiger partial charge in [0.25, 0.3) is 5.91 Å². The van der Waals surface area contributed by atoms with Crippen LogP contribution in [0.1, 0.15) is 11.1 Å². The molecular formula is C20H17FN2O3S2. The van der Waals surface area contributed by atoms with Gasteiger partial charge in [-0.25, -0.2) is 4.39 Å². The van der Waals surface area contributed by atoms with E-state index >= 15 is 0 Å². The van der Waals surface area contributed by atoms with Gasteiger partial charge in [-0.1, -0.05) is 48.2 Å². The molecule has 2 aromatic rings. The smallest absolute Gasteiger partial charge is 0.266 e. The quantitative estimate of drug-likeness (QED) is 0.560. The first-order valence-electron chi connectivity index (χ1n) is 8.48. The molecule has 144 valence electrons. The van der Waals surface area contributed by atoms with Crippen molar-refractivity contribution in [3.63, 3.8) is 0 Å². The normalized spacial score (nSPS) is 15.3. The molecule has 2 amide bonds. The van der Waals surface area contributed by atoms with Crippen LogP contribution in [0.2, 0.25) is 0 Å². The summed E-state index contributed by atoms with van der Waals surface area (Å²) in [7, 11) is 0. The molecule has 1 saturated heterocycles. The van der Waals surface area contributed by atoms with Crippen LogP contribution in [-0.2, 0) is 16.0 Å². The zero-order chi connectivity index (χ0) is 20.1. The number of hydrogen-bond donors (Lipinski definition) is 2. The van der Waals surface area contributed by atoms with Gasteiger partial charge in [0.2, 0.25) is 5.91 Å². The van der Waals surface area contributed by atoms with Crippen LogP contribution in [0.5, 0.6) is 5.75 Å². The number of hydrogen-bond acceptors (Lipinski definition) is 5. The zero-order valence-electron chi connectivity index (χ0n) is 14.7. The SMILES string of the molecule is O=C(CN1C(=O)/C(=C/c2cccc(F)c2)SC1=S)NCCc1ccc(O)cc1. The molecule has 3 rings (SSSR count). The maximum Gasteiger partial charge on any atom is 0.266 e. The minimum atomic E-state index is -0.391. The summed E-state index contributed by atoms with van der Waals surface area (Å²) < 4.78 is 13.6. The molecule has 1 aliphatic heterocycles. The van der Waals surface area contributed by atoms with Crippen LogP contribution in [-0.4, -0.2) is 39.2 Å². The van der Waals surface area contributed by atoms with Gasteiger partial charge < -0.3 is 10.4 Å². The second-order valence-electron chi connectivity index (χ2n) is 6.09. The molecule has 0 radical (unpaired) electrons. The maximum atomic E-state index is 13.3. The van der Waals surface area contributed by atoms with Crippen LogP contribution in [0.4, 0.5) is 4.39 Å². The first kappa shape index (κ1) is 20.0. The lowest BCUT2D eigenvalue weighted by atomic mass is 10.1. The first-order chi connectivity index (χ1) is 13.4. The number of amides is 2. The Morgan fingerprint density at radius 3 is 2.71 bits per heavy atom. The van der Waals surface area contributed by atoms with E-state index in [4.69, 9.17) is 12.2 Å². The van der Waals surface area contributed by atoms with Gasteiger partial charge in [-0.2, -0.15) is 0 Å². The van der Waals surface area contributed by atoms with Crippen molar-refractivity contribution in [3.8, 4) is 5.75 Å². The Hall–Kier alpha value is -2.71. The molecule has 2 N–H and O–H groups in total. The lowest BCUT2D eigenvalue weighted by molar-refractivity contribution is -0.128. The van der Waals surface area contributed by atoms with Crippen LogP contribution in [0, 0.1) is 5.82 Å². The van der Waals surface area contributed by atoms with Crippen molar-refractivity contribution < 1.29 is 19.1 Å². The number of nitrogens with zero attached hydrogens (tertiary/aromatic N) is 1. The number of aromatic hydroxyl groups is 1. The number of benzene rings is 2. The number of phenolic OH excluding ortho intramolecular Hbond substituents is 1. The summed E-state index contributed by atoms with van der Waals surface area (Å²) >= 11 is 6.30. The van der Waals surface area contributed by atoms with Crippen molar-refractivity contribution in [1.82, 2.24) is 10.2 Å². The summed E-state index contributed by atoms with van der Waals surface area (Å²) in [5.41, 5.74) is 1.53. The average molecular weight is 416 g/mol. The van der Waals surface area contributed by atoms with Crippen LogP contribution in [0.25, 0.3) is 6.08 Å². The third kappa shape index (κ3) is 5.17. The Balaban J connectivity index is 1.54. The molecule has 0 saturated carbocycles. The van der Waals surface area contributed by atoms with E-state index in [9.17, 15) is 19.1 Å². The second-order valence-corrected chi connectivity index (χ2v) is 7.77. The zero-order valence-corrected chi connectivity index (χ0v) is 16.4. The highest BCUT2D eigenvalue weighted by atomic mass is 32.2. The molecular weight excluding hydrogens is 399 g/mol. The van der Waals surface area contributed by atoms with Gasteiger partial charge in [0, 0.05) is 6.54 Å². The average Bonchev–Trinajstić information content (AvgIpc) is 2.91. The molecule has 0 unspecified atom stereocenters. The predicted molar refractivity (Wildman–Crippen MR) is 111 cm³/mol. The lowest BCUT2D eigenvalue weighted by Gasteiger charge is -2.14. The Labute approximate surface area is 171 Å². The summed E-state index contributed by atoms with van der Waals surface area (Å²) in [4.78, 5) is 26.3. The van der Waals surface area contributed by atoms with E-state index in [1.807, 2.05) is 0 Å². The Kier molecular flexibility index (Phi) is 6.43. The van der Waals surface area contributed by atoms with E-state index in [-0.39, 0.29) is 24.1 Å². The number of thioether (sulfide) groups is 1. The lowest BCUT2D eigenvalue weighted by Crippen LogP contribution is -2.40. The van der Waals surface area contributed by atoms with Crippen molar-refractivity contribution in [2.45, 2.75) is 6.42 Å². The highest BCUT2D eigenvalue weighted by Crippen LogP contribution is 2.32. The van der Waals surface area contributed by atoms with E-state index in [2.05, 4.69) is 5.32 Å². The van der Waals surface area contributed by atoms with E-state index in [0.29, 0.717) is 27.8 Å². The van der Waals surface area contributed by atoms with Gasteiger partial charge in [0.05, 0.1) is 4.91 Å². The first-order valence-corrected chi connectivity index (χ1v) is 9.70. The minimum absolute atomic E-state index is 0.166. The fourth-order valence-electron chi connectivity index (χ4n) is 2.59. The molecule has 1 aliphatic rings. The van der Waals surface area contributed by atoms with Gasteiger partial charge in [0.15, 0.2) is 0 Å². The summed E-state index contributed by atoms with van der Waals surface area (Å²) in [6.07, 6.45) is 2.16. The molecule has 2 aromatic carbocycles. The van der Waals surface area contributed by atoms with Crippen molar-refractivity contribution in [2.75, 3.05) is 13.1 Å². The molecule has 0 aliphatic carbocycles. The van der Waals surface area contributed by atoms with E-state index in [0.717, 1.165) is 17.3 Å². The molecule has 28 heavy (non-hydrogen) atoms. The number of halogens is 1. The number of carbonyl (C=O) groups is 2.